The number of ether oxygens (including phenoxy) is 1. The van der Waals surface area contributed by atoms with E-state index >= 15 is 0 Å². The van der Waals surface area contributed by atoms with Crippen molar-refractivity contribution in [1.29, 1.82) is 0 Å². The summed E-state index contributed by atoms with van der Waals surface area (Å²) in [6.45, 7) is 4.68. The lowest BCUT2D eigenvalue weighted by molar-refractivity contribution is -0.118. The third kappa shape index (κ3) is 3.50. The molecule has 1 heterocycles. The van der Waals surface area contributed by atoms with Gasteiger partial charge in [0, 0.05) is 17.7 Å². The Morgan fingerprint density at radius 3 is 2.90 bits per heavy atom. The second kappa shape index (κ2) is 6.67. The lowest BCUT2D eigenvalue weighted by Gasteiger charge is -2.23. The van der Waals surface area contributed by atoms with Gasteiger partial charge >= 0.3 is 0 Å². The van der Waals surface area contributed by atoms with Crippen molar-refractivity contribution in [2.75, 3.05) is 25.0 Å². The highest BCUT2D eigenvalue weighted by molar-refractivity contribution is 5.95. The maximum Gasteiger partial charge on any atom is 0.228 e. The number of anilines is 1. The van der Waals surface area contributed by atoms with Gasteiger partial charge in [0.2, 0.25) is 5.91 Å². The molecule has 0 bridgehead atoms. The normalized spacial score (nSPS) is 22.2. The SMILES string of the molecule is CCOc1cccc(NC(=O)C2CC23CCNCC3)c1.Cl. The number of halogens is 1. The van der Waals surface area contributed by atoms with E-state index in [2.05, 4.69) is 10.6 Å². The topological polar surface area (TPSA) is 50.4 Å². The Bertz CT molecular complexity index is 501. The molecular weight excluding hydrogens is 288 g/mol. The molecule has 1 aromatic carbocycles. The molecule has 4 nitrogen and oxygen atoms in total. The molecule has 3 rings (SSSR count). The van der Waals surface area contributed by atoms with Crippen LogP contribution in [0.3, 0.4) is 0 Å². The number of rotatable bonds is 4. The van der Waals surface area contributed by atoms with Crippen LogP contribution < -0.4 is 15.4 Å². The van der Waals surface area contributed by atoms with Crippen molar-refractivity contribution in [2.24, 2.45) is 11.3 Å². The summed E-state index contributed by atoms with van der Waals surface area (Å²) in [6, 6.07) is 7.62. The number of benzene rings is 1. The van der Waals surface area contributed by atoms with Crippen LogP contribution in [0.2, 0.25) is 0 Å². The van der Waals surface area contributed by atoms with Gasteiger partial charge in [-0.05, 0) is 56.8 Å². The van der Waals surface area contributed by atoms with E-state index in [1.807, 2.05) is 31.2 Å². The Morgan fingerprint density at radius 2 is 2.19 bits per heavy atom. The van der Waals surface area contributed by atoms with Crippen LogP contribution in [0.1, 0.15) is 26.2 Å². The third-order valence-corrected chi connectivity index (χ3v) is 4.52. The van der Waals surface area contributed by atoms with Gasteiger partial charge in [0.1, 0.15) is 5.75 Å². The summed E-state index contributed by atoms with van der Waals surface area (Å²) >= 11 is 0. The van der Waals surface area contributed by atoms with Crippen LogP contribution in [0.15, 0.2) is 24.3 Å². The van der Waals surface area contributed by atoms with Gasteiger partial charge in [0.15, 0.2) is 0 Å². The van der Waals surface area contributed by atoms with Crippen molar-refractivity contribution in [1.82, 2.24) is 5.32 Å². The summed E-state index contributed by atoms with van der Waals surface area (Å²) in [4.78, 5) is 12.3. The molecule has 1 unspecified atom stereocenters. The molecule has 2 N–H and O–H groups in total. The number of carbonyl (C=O) groups is 1. The molecule has 2 fully saturated rings. The fourth-order valence-corrected chi connectivity index (χ4v) is 3.26. The average Bonchev–Trinajstić information content (AvgIpc) is 3.14. The van der Waals surface area contributed by atoms with E-state index in [1.54, 1.807) is 0 Å². The van der Waals surface area contributed by atoms with Crippen molar-refractivity contribution in [3.8, 4) is 5.75 Å². The molecule has 1 aliphatic carbocycles. The minimum Gasteiger partial charge on any atom is -0.494 e. The van der Waals surface area contributed by atoms with Crippen LogP contribution in [0, 0.1) is 11.3 Å². The summed E-state index contributed by atoms with van der Waals surface area (Å²) < 4.78 is 5.45. The fraction of sp³-hybridized carbons (Fsp3) is 0.562. The van der Waals surface area contributed by atoms with Crippen LogP contribution in [0.4, 0.5) is 5.69 Å². The first-order valence-electron chi connectivity index (χ1n) is 7.48. The molecule has 0 aromatic heterocycles. The number of amides is 1. The molecule has 1 atom stereocenters. The van der Waals surface area contributed by atoms with Gasteiger partial charge < -0.3 is 15.4 Å². The average molecular weight is 311 g/mol. The van der Waals surface area contributed by atoms with Crippen LogP contribution in [0.25, 0.3) is 0 Å². The second-order valence-electron chi connectivity index (χ2n) is 5.82. The quantitative estimate of drug-likeness (QED) is 0.899. The van der Waals surface area contributed by atoms with Crippen LogP contribution in [0.5, 0.6) is 5.75 Å². The highest BCUT2D eigenvalue weighted by atomic mass is 35.5. The Balaban J connectivity index is 0.00000161. The van der Waals surface area contributed by atoms with Crippen molar-refractivity contribution < 1.29 is 9.53 Å². The zero-order chi connectivity index (χ0) is 14.0. The minimum atomic E-state index is 0. The summed E-state index contributed by atoms with van der Waals surface area (Å²) in [5.74, 6) is 1.17. The zero-order valence-electron chi connectivity index (χ0n) is 12.4. The molecular formula is C16H23ClN2O2. The Labute approximate surface area is 132 Å². The smallest absolute Gasteiger partial charge is 0.228 e. The Morgan fingerprint density at radius 1 is 1.43 bits per heavy atom. The number of hydrogen-bond acceptors (Lipinski definition) is 3. The molecule has 5 heteroatoms. The van der Waals surface area contributed by atoms with E-state index in [1.165, 1.54) is 0 Å². The second-order valence-corrected chi connectivity index (χ2v) is 5.82. The van der Waals surface area contributed by atoms with Gasteiger partial charge in [0.05, 0.1) is 6.61 Å². The molecule has 21 heavy (non-hydrogen) atoms. The number of hydrogen-bond donors (Lipinski definition) is 2. The lowest BCUT2D eigenvalue weighted by Crippen LogP contribution is -2.31. The van der Waals surface area contributed by atoms with E-state index in [-0.39, 0.29) is 29.6 Å². The van der Waals surface area contributed by atoms with Gasteiger partial charge in [-0.1, -0.05) is 6.07 Å². The highest BCUT2D eigenvalue weighted by Crippen LogP contribution is 2.58. The molecule has 1 saturated heterocycles. The summed E-state index contributed by atoms with van der Waals surface area (Å²) in [7, 11) is 0. The number of carbonyl (C=O) groups excluding carboxylic acids is 1. The van der Waals surface area contributed by atoms with Crippen molar-refractivity contribution in [3.05, 3.63) is 24.3 Å². The predicted octanol–water partition coefficient (Wildman–Crippen LogP) is 2.84. The standard InChI is InChI=1S/C16H22N2O2.ClH/c1-2-20-13-5-3-4-12(10-13)18-15(19)14-11-16(14)6-8-17-9-7-16;/h3-5,10,14,17H,2,6-9,11H2,1H3,(H,18,19);1H. The van der Waals surface area contributed by atoms with Crippen molar-refractivity contribution >= 4 is 24.0 Å². The third-order valence-electron chi connectivity index (χ3n) is 4.52. The summed E-state index contributed by atoms with van der Waals surface area (Å²) in [5, 5.41) is 6.40. The van der Waals surface area contributed by atoms with Gasteiger partial charge in [-0.3, -0.25) is 4.79 Å². The zero-order valence-corrected chi connectivity index (χ0v) is 13.2. The molecule has 1 aliphatic heterocycles. The first-order valence-corrected chi connectivity index (χ1v) is 7.48. The predicted molar refractivity (Wildman–Crippen MR) is 86.1 cm³/mol. The molecule has 116 valence electrons. The van der Waals surface area contributed by atoms with Gasteiger partial charge in [-0.2, -0.15) is 0 Å². The maximum atomic E-state index is 12.3. The number of piperidine rings is 1. The van der Waals surface area contributed by atoms with Gasteiger partial charge in [-0.15, -0.1) is 12.4 Å². The first kappa shape index (κ1) is 16.1. The van der Waals surface area contributed by atoms with Crippen LogP contribution >= 0.6 is 12.4 Å². The highest BCUT2D eigenvalue weighted by Gasteiger charge is 2.57. The van der Waals surface area contributed by atoms with E-state index in [0.717, 1.165) is 43.8 Å². The number of nitrogens with one attached hydrogen (secondary N) is 2. The Kier molecular flexibility index (Phi) is 5.12. The van der Waals surface area contributed by atoms with E-state index < -0.39 is 0 Å². The molecule has 1 amide bonds. The minimum absolute atomic E-state index is 0. The molecule has 1 saturated carbocycles. The van der Waals surface area contributed by atoms with Gasteiger partial charge in [0.25, 0.3) is 0 Å². The largest absolute Gasteiger partial charge is 0.494 e. The van der Waals surface area contributed by atoms with E-state index in [4.69, 9.17) is 4.74 Å². The van der Waals surface area contributed by atoms with E-state index in [9.17, 15) is 4.79 Å². The van der Waals surface area contributed by atoms with Crippen molar-refractivity contribution in [3.63, 3.8) is 0 Å². The Hall–Kier alpha value is -1.26. The maximum absolute atomic E-state index is 12.3. The van der Waals surface area contributed by atoms with Crippen LogP contribution in [-0.2, 0) is 4.79 Å². The molecule has 0 radical (unpaired) electrons. The fourth-order valence-electron chi connectivity index (χ4n) is 3.26. The lowest BCUT2D eigenvalue weighted by atomic mass is 9.92. The molecule has 2 aliphatic rings. The first-order chi connectivity index (χ1) is 9.73. The van der Waals surface area contributed by atoms with Crippen LogP contribution in [-0.4, -0.2) is 25.6 Å². The monoisotopic (exact) mass is 310 g/mol. The molecule has 1 spiro atoms. The van der Waals surface area contributed by atoms with Crippen molar-refractivity contribution in [2.45, 2.75) is 26.2 Å². The summed E-state index contributed by atoms with van der Waals surface area (Å²) in [6.07, 6.45) is 3.31. The van der Waals surface area contributed by atoms with Gasteiger partial charge in [-0.25, -0.2) is 0 Å². The molecule has 1 aromatic rings. The van der Waals surface area contributed by atoms with E-state index in [0.29, 0.717) is 6.61 Å². The summed E-state index contributed by atoms with van der Waals surface area (Å²) in [5.41, 5.74) is 1.12.